The molecular weight excluding hydrogens is 366 g/mol. The normalized spacial score (nSPS) is 16.7. The van der Waals surface area contributed by atoms with Crippen molar-refractivity contribution in [3.63, 3.8) is 0 Å². The summed E-state index contributed by atoms with van der Waals surface area (Å²) >= 11 is 0. The van der Waals surface area contributed by atoms with Crippen molar-refractivity contribution in [3.05, 3.63) is 53.9 Å². The van der Waals surface area contributed by atoms with Crippen LogP contribution in [-0.4, -0.2) is 48.6 Å². The molecule has 3 heterocycles. The predicted octanol–water partition coefficient (Wildman–Crippen LogP) is 3.43. The van der Waals surface area contributed by atoms with Gasteiger partial charge in [-0.05, 0) is 49.6 Å². The average Bonchev–Trinajstić information content (AvgIpc) is 3.16. The number of fused-ring (bicyclic) bond motifs is 3. The van der Waals surface area contributed by atoms with E-state index in [1.807, 2.05) is 41.3 Å². The van der Waals surface area contributed by atoms with E-state index in [2.05, 4.69) is 9.88 Å². The number of anilines is 1. The van der Waals surface area contributed by atoms with Gasteiger partial charge in [0, 0.05) is 49.7 Å². The highest BCUT2D eigenvalue weighted by Gasteiger charge is 2.22. The van der Waals surface area contributed by atoms with Crippen molar-refractivity contribution in [1.82, 2.24) is 9.88 Å². The topological polar surface area (TPSA) is 58.8 Å². The first-order valence-electron chi connectivity index (χ1n) is 10.4. The molecule has 3 aromatic rings. The van der Waals surface area contributed by atoms with E-state index in [1.54, 1.807) is 6.20 Å². The maximum Gasteiger partial charge on any atom is 0.260 e. The van der Waals surface area contributed by atoms with Gasteiger partial charge < -0.3 is 19.0 Å². The van der Waals surface area contributed by atoms with Crippen molar-refractivity contribution in [2.24, 2.45) is 0 Å². The number of aryl methyl sites for hydroxylation is 2. The van der Waals surface area contributed by atoms with E-state index in [9.17, 15) is 4.79 Å². The zero-order chi connectivity index (χ0) is 19.6. The highest BCUT2D eigenvalue weighted by atomic mass is 16.5. The van der Waals surface area contributed by atoms with Gasteiger partial charge in [0.25, 0.3) is 5.91 Å². The van der Waals surface area contributed by atoms with E-state index < -0.39 is 0 Å². The van der Waals surface area contributed by atoms with Crippen LogP contribution in [0.4, 0.5) is 5.82 Å². The van der Waals surface area contributed by atoms with E-state index >= 15 is 0 Å². The maximum absolute atomic E-state index is 12.6. The zero-order valence-corrected chi connectivity index (χ0v) is 16.5. The summed E-state index contributed by atoms with van der Waals surface area (Å²) in [7, 11) is 0. The lowest BCUT2D eigenvalue weighted by Crippen LogP contribution is -2.50. The van der Waals surface area contributed by atoms with Crippen LogP contribution in [0.2, 0.25) is 0 Å². The molecule has 0 bridgehead atoms. The number of carbonyl (C=O) groups is 1. The molecule has 1 amide bonds. The fourth-order valence-electron chi connectivity index (χ4n) is 4.29. The summed E-state index contributed by atoms with van der Waals surface area (Å²) in [6.45, 7) is 3.01. The average molecular weight is 391 g/mol. The second-order valence-corrected chi connectivity index (χ2v) is 7.71. The Morgan fingerprint density at radius 1 is 1.07 bits per heavy atom. The maximum atomic E-state index is 12.6. The van der Waals surface area contributed by atoms with Gasteiger partial charge in [-0.2, -0.15) is 0 Å². The molecule has 0 spiro atoms. The highest BCUT2D eigenvalue weighted by Crippen LogP contribution is 2.33. The van der Waals surface area contributed by atoms with Crippen LogP contribution in [0, 0.1) is 0 Å². The number of ether oxygens (including phenoxy) is 1. The monoisotopic (exact) mass is 391 g/mol. The Hall–Kier alpha value is -3.02. The molecule has 0 radical (unpaired) electrons. The standard InChI is InChI=1S/C23H25N3O3/c27-23(26-13-11-25(12-14-26)22-7-3-4-10-24-22)16-28-17-8-9-21-19(15-17)18-5-1-2-6-20(18)29-21/h3-4,7-10,15H,1-2,5-6,11-14,16H2. The van der Waals surface area contributed by atoms with Gasteiger partial charge in [0.15, 0.2) is 6.61 Å². The minimum absolute atomic E-state index is 0.0278. The number of amides is 1. The van der Waals surface area contributed by atoms with E-state index in [1.165, 1.54) is 18.4 Å². The van der Waals surface area contributed by atoms with Crippen molar-refractivity contribution >= 4 is 22.7 Å². The summed E-state index contributed by atoms with van der Waals surface area (Å²) < 4.78 is 11.8. The molecule has 29 heavy (non-hydrogen) atoms. The lowest BCUT2D eigenvalue weighted by molar-refractivity contribution is -0.133. The number of hydrogen-bond acceptors (Lipinski definition) is 5. The van der Waals surface area contributed by atoms with Crippen molar-refractivity contribution in [1.29, 1.82) is 0 Å². The zero-order valence-electron chi connectivity index (χ0n) is 16.5. The summed E-state index contributed by atoms with van der Waals surface area (Å²) in [5, 5.41) is 1.13. The fourth-order valence-corrected chi connectivity index (χ4v) is 4.29. The smallest absolute Gasteiger partial charge is 0.260 e. The van der Waals surface area contributed by atoms with Gasteiger partial charge in [-0.25, -0.2) is 4.98 Å². The number of hydrogen-bond donors (Lipinski definition) is 0. The van der Waals surface area contributed by atoms with Gasteiger partial charge in [-0.15, -0.1) is 0 Å². The summed E-state index contributed by atoms with van der Waals surface area (Å²) in [5.74, 6) is 2.84. The molecule has 1 fully saturated rings. The Labute approximate surface area is 170 Å². The minimum atomic E-state index is 0.0278. The molecule has 1 aliphatic carbocycles. The van der Waals surface area contributed by atoms with Crippen molar-refractivity contribution in [3.8, 4) is 5.75 Å². The van der Waals surface area contributed by atoms with Crippen LogP contribution in [0.25, 0.3) is 11.0 Å². The first kappa shape index (κ1) is 18.0. The minimum Gasteiger partial charge on any atom is -0.484 e. The van der Waals surface area contributed by atoms with Crippen LogP contribution >= 0.6 is 0 Å². The molecule has 1 aliphatic heterocycles. The SMILES string of the molecule is O=C(COc1ccc2oc3c(c2c1)CCCC3)N1CCN(c2ccccn2)CC1. The molecule has 150 valence electrons. The van der Waals surface area contributed by atoms with E-state index in [0.717, 1.165) is 54.2 Å². The molecule has 6 heteroatoms. The van der Waals surface area contributed by atoms with E-state index in [0.29, 0.717) is 13.1 Å². The molecule has 5 rings (SSSR count). The molecule has 0 N–H and O–H groups in total. The van der Waals surface area contributed by atoms with Crippen molar-refractivity contribution in [2.75, 3.05) is 37.7 Å². The van der Waals surface area contributed by atoms with Crippen molar-refractivity contribution < 1.29 is 13.9 Å². The number of furan rings is 1. The lowest BCUT2D eigenvalue weighted by Gasteiger charge is -2.35. The van der Waals surface area contributed by atoms with Crippen LogP contribution in [0.15, 0.2) is 47.0 Å². The number of carbonyl (C=O) groups excluding carboxylic acids is 1. The molecule has 1 saturated heterocycles. The first-order valence-corrected chi connectivity index (χ1v) is 10.4. The first-order chi connectivity index (χ1) is 14.3. The van der Waals surface area contributed by atoms with E-state index in [-0.39, 0.29) is 12.5 Å². The quantitative estimate of drug-likeness (QED) is 0.682. The summed E-state index contributed by atoms with van der Waals surface area (Å²) in [4.78, 5) is 21.1. The molecule has 0 saturated carbocycles. The third-order valence-corrected chi connectivity index (χ3v) is 5.89. The van der Waals surface area contributed by atoms with Gasteiger partial charge in [0.05, 0.1) is 0 Å². The van der Waals surface area contributed by atoms with Gasteiger partial charge >= 0.3 is 0 Å². The number of piperazine rings is 1. The second kappa shape index (κ2) is 7.78. The third-order valence-electron chi connectivity index (χ3n) is 5.89. The van der Waals surface area contributed by atoms with Gasteiger partial charge in [-0.3, -0.25) is 4.79 Å². The Bertz CT molecular complexity index is 1010. The van der Waals surface area contributed by atoms with Crippen LogP contribution in [0.1, 0.15) is 24.2 Å². The number of pyridine rings is 1. The Morgan fingerprint density at radius 3 is 2.76 bits per heavy atom. The van der Waals surface area contributed by atoms with Crippen LogP contribution < -0.4 is 9.64 Å². The summed E-state index contributed by atoms with van der Waals surface area (Å²) in [6, 6.07) is 11.8. The van der Waals surface area contributed by atoms with E-state index in [4.69, 9.17) is 9.15 Å². The number of benzene rings is 1. The summed E-state index contributed by atoms with van der Waals surface area (Å²) in [6.07, 6.45) is 6.27. The summed E-state index contributed by atoms with van der Waals surface area (Å²) in [5.41, 5.74) is 2.23. The molecule has 0 unspecified atom stereocenters. The molecule has 6 nitrogen and oxygen atoms in total. The van der Waals surface area contributed by atoms with Crippen LogP contribution in [0.5, 0.6) is 5.75 Å². The highest BCUT2D eigenvalue weighted by molar-refractivity contribution is 5.84. The van der Waals surface area contributed by atoms with Gasteiger partial charge in [-0.1, -0.05) is 6.07 Å². The fraction of sp³-hybridized carbons (Fsp3) is 0.391. The molecular formula is C23H25N3O3. The largest absolute Gasteiger partial charge is 0.484 e. The molecule has 1 aromatic carbocycles. The van der Waals surface area contributed by atoms with Gasteiger partial charge in [0.1, 0.15) is 22.9 Å². The third kappa shape index (κ3) is 3.67. The predicted molar refractivity (Wildman–Crippen MR) is 111 cm³/mol. The van der Waals surface area contributed by atoms with Crippen LogP contribution in [0.3, 0.4) is 0 Å². The lowest BCUT2D eigenvalue weighted by atomic mass is 9.96. The van der Waals surface area contributed by atoms with Crippen LogP contribution in [-0.2, 0) is 17.6 Å². The molecule has 2 aliphatic rings. The number of rotatable bonds is 4. The molecule has 0 atom stereocenters. The Morgan fingerprint density at radius 2 is 1.93 bits per heavy atom. The Kier molecular flexibility index (Phi) is 4.84. The number of aromatic nitrogens is 1. The Balaban J connectivity index is 1.19. The molecule has 2 aromatic heterocycles. The second-order valence-electron chi connectivity index (χ2n) is 7.71. The number of nitrogens with zero attached hydrogens (tertiary/aromatic N) is 3. The van der Waals surface area contributed by atoms with Gasteiger partial charge in [0.2, 0.25) is 0 Å². The van der Waals surface area contributed by atoms with Crippen molar-refractivity contribution in [2.45, 2.75) is 25.7 Å².